The summed E-state index contributed by atoms with van der Waals surface area (Å²) in [6, 6.07) is 5.15. The molecule has 0 aliphatic carbocycles. The molecule has 0 aliphatic rings. The molecule has 90 valence electrons. The number of halogens is 3. The van der Waals surface area contributed by atoms with Gasteiger partial charge in [-0.05, 0) is 19.1 Å². The smallest absolute Gasteiger partial charge is 0.404 e. The van der Waals surface area contributed by atoms with Crippen molar-refractivity contribution in [2.75, 3.05) is 6.61 Å². The number of rotatable bonds is 4. The normalized spacial score (nSPS) is 13.5. The van der Waals surface area contributed by atoms with Gasteiger partial charge in [-0.15, -0.1) is 13.2 Å². The predicted octanol–water partition coefficient (Wildman–Crippen LogP) is 2.64. The SMILES string of the molecule is CCO[S@@](=O)c1ccccc1OC(F)(F)F. The maximum Gasteiger partial charge on any atom is 0.573 e. The summed E-state index contributed by atoms with van der Waals surface area (Å²) < 4.78 is 55.9. The van der Waals surface area contributed by atoms with Crippen LogP contribution in [0, 0.1) is 0 Å². The minimum atomic E-state index is -4.81. The second-order valence-electron chi connectivity index (χ2n) is 2.64. The minimum Gasteiger partial charge on any atom is -0.404 e. The summed E-state index contributed by atoms with van der Waals surface area (Å²) in [6.45, 7) is 1.72. The fourth-order valence-electron chi connectivity index (χ4n) is 0.967. The van der Waals surface area contributed by atoms with E-state index in [-0.39, 0.29) is 11.5 Å². The van der Waals surface area contributed by atoms with E-state index in [1.54, 1.807) is 6.92 Å². The Labute approximate surface area is 92.8 Å². The number of benzene rings is 1. The van der Waals surface area contributed by atoms with E-state index in [1.165, 1.54) is 18.2 Å². The molecule has 7 heteroatoms. The standard InChI is InChI=1S/C9H9F3O3S/c1-2-14-16(13)8-6-4-3-5-7(8)15-9(10,11)12/h3-6H,2H2,1H3/t16-/m1/s1. The maximum absolute atomic E-state index is 12.0. The number of para-hydroxylation sites is 1. The first-order valence-corrected chi connectivity index (χ1v) is 5.41. The van der Waals surface area contributed by atoms with Crippen LogP contribution in [0.1, 0.15) is 6.92 Å². The topological polar surface area (TPSA) is 35.5 Å². The van der Waals surface area contributed by atoms with Gasteiger partial charge in [0.15, 0.2) is 11.1 Å². The largest absolute Gasteiger partial charge is 0.573 e. The molecule has 0 heterocycles. The van der Waals surface area contributed by atoms with E-state index in [9.17, 15) is 17.4 Å². The third kappa shape index (κ3) is 3.82. The Kier molecular flexibility index (Phi) is 4.31. The van der Waals surface area contributed by atoms with Gasteiger partial charge in [0.25, 0.3) is 0 Å². The maximum atomic E-state index is 12.0. The Morgan fingerprint density at radius 1 is 1.31 bits per heavy atom. The van der Waals surface area contributed by atoms with E-state index in [0.717, 1.165) is 6.07 Å². The molecule has 0 bridgehead atoms. The van der Waals surface area contributed by atoms with Crippen molar-refractivity contribution >= 4 is 11.1 Å². The first-order chi connectivity index (χ1) is 7.44. The zero-order valence-corrected chi connectivity index (χ0v) is 9.10. The van der Waals surface area contributed by atoms with Gasteiger partial charge in [-0.1, -0.05) is 12.1 Å². The van der Waals surface area contributed by atoms with Gasteiger partial charge >= 0.3 is 6.36 Å². The molecule has 0 saturated carbocycles. The quantitative estimate of drug-likeness (QED) is 0.828. The van der Waals surface area contributed by atoms with Crippen LogP contribution in [0.15, 0.2) is 29.2 Å². The molecule has 0 aliphatic heterocycles. The van der Waals surface area contributed by atoms with Gasteiger partial charge in [-0.2, -0.15) is 0 Å². The number of hydrogen-bond donors (Lipinski definition) is 0. The van der Waals surface area contributed by atoms with Crippen LogP contribution in [0.25, 0.3) is 0 Å². The van der Waals surface area contributed by atoms with E-state index >= 15 is 0 Å². The first kappa shape index (κ1) is 13.0. The van der Waals surface area contributed by atoms with E-state index < -0.39 is 23.2 Å². The van der Waals surface area contributed by atoms with Crippen molar-refractivity contribution < 1.29 is 26.3 Å². The molecular weight excluding hydrogens is 245 g/mol. The zero-order chi connectivity index (χ0) is 12.2. The number of hydrogen-bond acceptors (Lipinski definition) is 3. The summed E-state index contributed by atoms with van der Waals surface area (Å²) in [7, 11) is 0. The molecule has 0 aromatic heterocycles. The zero-order valence-electron chi connectivity index (χ0n) is 8.28. The highest BCUT2D eigenvalue weighted by molar-refractivity contribution is 7.80. The van der Waals surface area contributed by atoms with Crippen LogP contribution in [0.5, 0.6) is 5.75 Å². The minimum absolute atomic E-state index is 0.132. The molecule has 3 nitrogen and oxygen atoms in total. The summed E-state index contributed by atoms with van der Waals surface area (Å²) in [5.74, 6) is -0.512. The Bertz CT molecular complexity index is 379. The van der Waals surface area contributed by atoms with Crippen LogP contribution in [-0.2, 0) is 15.3 Å². The summed E-state index contributed by atoms with van der Waals surface area (Å²) in [6.07, 6.45) is -4.81. The van der Waals surface area contributed by atoms with E-state index in [4.69, 9.17) is 4.18 Å². The van der Waals surface area contributed by atoms with Crippen LogP contribution in [0.2, 0.25) is 0 Å². The molecule has 1 atom stereocenters. The van der Waals surface area contributed by atoms with Gasteiger partial charge in [0.05, 0.1) is 6.61 Å². The van der Waals surface area contributed by atoms with Gasteiger partial charge in [0.1, 0.15) is 10.6 Å². The summed E-state index contributed by atoms with van der Waals surface area (Å²) in [5.41, 5.74) is 0. The lowest BCUT2D eigenvalue weighted by atomic mass is 10.3. The molecule has 16 heavy (non-hydrogen) atoms. The molecule has 1 aromatic carbocycles. The highest BCUT2D eigenvalue weighted by Gasteiger charge is 2.32. The van der Waals surface area contributed by atoms with Crippen LogP contribution < -0.4 is 4.74 Å². The molecule has 0 saturated heterocycles. The first-order valence-electron chi connectivity index (χ1n) is 4.34. The fraction of sp³-hybridized carbons (Fsp3) is 0.333. The average Bonchev–Trinajstić information content (AvgIpc) is 2.16. The third-order valence-electron chi connectivity index (χ3n) is 1.48. The third-order valence-corrected chi connectivity index (χ3v) is 2.63. The van der Waals surface area contributed by atoms with Crippen LogP contribution in [-0.4, -0.2) is 17.2 Å². The highest BCUT2D eigenvalue weighted by Crippen LogP contribution is 2.28. The van der Waals surface area contributed by atoms with Crippen molar-refractivity contribution in [1.29, 1.82) is 0 Å². The van der Waals surface area contributed by atoms with Crippen molar-refractivity contribution in [3.63, 3.8) is 0 Å². The van der Waals surface area contributed by atoms with Crippen molar-refractivity contribution in [2.45, 2.75) is 18.2 Å². The van der Waals surface area contributed by atoms with Gasteiger partial charge in [-0.3, -0.25) is 4.18 Å². The molecule has 0 radical (unpaired) electrons. The van der Waals surface area contributed by atoms with E-state index in [0.29, 0.717) is 0 Å². The molecule has 1 aromatic rings. The highest BCUT2D eigenvalue weighted by atomic mass is 32.2. The van der Waals surface area contributed by atoms with Crippen LogP contribution >= 0.6 is 0 Å². The Morgan fingerprint density at radius 2 is 1.94 bits per heavy atom. The predicted molar refractivity (Wildman–Crippen MR) is 51.2 cm³/mol. The van der Waals surface area contributed by atoms with Gasteiger partial charge < -0.3 is 4.74 Å². The lowest BCUT2D eigenvalue weighted by Gasteiger charge is -2.11. The summed E-state index contributed by atoms with van der Waals surface area (Å²) >= 11 is -1.95. The molecule has 0 spiro atoms. The number of alkyl halides is 3. The van der Waals surface area contributed by atoms with Crippen molar-refractivity contribution in [1.82, 2.24) is 0 Å². The van der Waals surface area contributed by atoms with E-state index in [2.05, 4.69) is 4.74 Å². The van der Waals surface area contributed by atoms with Crippen LogP contribution in [0.3, 0.4) is 0 Å². The van der Waals surface area contributed by atoms with Crippen molar-refractivity contribution in [3.05, 3.63) is 24.3 Å². The molecule has 0 amide bonds. The lowest BCUT2D eigenvalue weighted by molar-refractivity contribution is -0.275. The molecule has 0 N–H and O–H groups in total. The van der Waals surface area contributed by atoms with E-state index in [1.807, 2.05) is 0 Å². The van der Waals surface area contributed by atoms with Gasteiger partial charge in [0, 0.05) is 0 Å². The van der Waals surface area contributed by atoms with Crippen molar-refractivity contribution in [3.8, 4) is 5.75 Å². The lowest BCUT2D eigenvalue weighted by Crippen LogP contribution is -2.18. The second kappa shape index (κ2) is 5.31. The molecular formula is C9H9F3O3S. The fourth-order valence-corrected chi connectivity index (χ4v) is 1.77. The Morgan fingerprint density at radius 3 is 2.50 bits per heavy atom. The molecule has 0 unspecified atom stereocenters. The van der Waals surface area contributed by atoms with Gasteiger partial charge in [-0.25, -0.2) is 4.21 Å². The van der Waals surface area contributed by atoms with Gasteiger partial charge in [0.2, 0.25) is 0 Å². The van der Waals surface area contributed by atoms with Crippen molar-refractivity contribution in [2.24, 2.45) is 0 Å². The Balaban J connectivity index is 2.96. The monoisotopic (exact) mass is 254 g/mol. The average molecular weight is 254 g/mol. The molecule has 1 rings (SSSR count). The Hall–Kier alpha value is -1.08. The van der Waals surface area contributed by atoms with Crippen LogP contribution in [0.4, 0.5) is 13.2 Å². The summed E-state index contributed by atoms with van der Waals surface area (Å²) in [5, 5.41) is 0. The molecule has 0 fully saturated rings. The number of ether oxygens (including phenoxy) is 1. The summed E-state index contributed by atoms with van der Waals surface area (Å²) in [4.78, 5) is -0.137. The second-order valence-corrected chi connectivity index (χ2v) is 3.78.